The van der Waals surface area contributed by atoms with Crippen molar-refractivity contribution in [2.45, 2.75) is 38.1 Å². The monoisotopic (exact) mass is 313 g/mol. The van der Waals surface area contributed by atoms with E-state index in [0.717, 1.165) is 41.8 Å². The Morgan fingerprint density at radius 3 is 2.72 bits per heavy atom. The van der Waals surface area contributed by atoms with Crippen LogP contribution in [0.4, 0.5) is 11.4 Å². The fourth-order valence-electron chi connectivity index (χ4n) is 2.48. The van der Waals surface area contributed by atoms with Crippen LogP contribution in [0.15, 0.2) is 16.9 Å². The van der Waals surface area contributed by atoms with E-state index in [-0.39, 0.29) is 12.1 Å². The smallest absolute Gasteiger partial charge is 0.0755 e. The predicted molar refractivity (Wildman–Crippen MR) is 77.4 cm³/mol. The van der Waals surface area contributed by atoms with Gasteiger partial charge < -0.3 is 16.2 Å². The number of anilines is 2. The van der Waals surface area contributed by atoms with Crippen LogP contribution in [-0.2, 0) is 0 Å². The van der Waals surface area contributed by atoms with Gasteiger partial charge >= 0.3 is 0 Å². The lowest BCUT2D eigenvalue weighted by atomic mass is 9.77. The summed E-state index contributed by atoms with van der Waals surface area (Å²) in [6, 6.07) is 0. The van der Waals surface area contributed by atoms with Gasteiger partial charge in [0, 0.05) is 6.20 Å². The molecule has 1 fully saturated rings. The van der Waals surface area contributed by atoms with Crippen molar-refractivity contribution in [1.29, 1.82) is 0 Å². The molecule has 0 atom stereocenters. The second-order valence-corrected chi connectivity index (χ2v) is 6.19. The van der Waals surface area contributed by atoms with E-state index in [1.54, 1.807) is 12.4 Å². The molecular weight excluding hydrogens is 294 g/mol. The van der Waals surface area contributed by atoms with E-state index in [9.17, 15) is 5.11 Å². The number of hydrogen-bond acceptors (Lipinski definition) is 4. The standard InChI is InChI=1S/C13H20BrN3O/c1-9-2-4-13(8-18,5-3-9)17-12-10(14)6-16-7-11(12)15/h6-7,9,18H,2-5,8,15H2,1H3,(H,16,17). The molecule has 5 heteroatoms. The average molecular weight is 314 g/mol. The van der Waals surface area contributed by atoms with Crippen LogP contribution in [0, 0.1) is 5.92 Å². The number of aliphatic hydroxyl groups is 1. The quantitative estimate of drug-likeness (QED) is 0.802. The third-order valence-corrected chi connectivity index (χ3v) is 4.45. The molecular formula is C13H20BrN3O. The highest BCUT2D eigenvalue weighted by atomic mass is 79.9. The van der Waals surface area contributed by atoms with E-state index in [2.05, 4.69) is 33.2 Å². The number of aliphatic hydroxyl groups excluding tert-OH is 1. The SMILES string of the molecule is CC1CCC(CO)(Nc2c(N)cncc2Br)CC1. The van der Waals surface area contributed by atoms with Crippen LogP contribution >= 0.6 is 15.9 Å². The zero-order valence-electron chi connectivity index (χ0n) is 10.6. The van der Waals surface area contributed by atoms with Gasteiger partial charge in [0.15, 0.2) is 0 Å². The molecule has 1 aromatic rings. The molecule has 1 aromatic heterocycles. The lowest BCUT2D eigenvalue weighted by molar-refractivity contribution is 0.155. The van der Waals surface area contributed by atoms with Crippen LogP contribution in [0.25, 0.3) is 0 Å². The van der Waals surface area contributed by atoms with E-state index in [1.807, 2.05) is 0 Å². The van der Waals surface area contributed by atoms with Gasteiger partial charge in [0.1, 0.15) is 0 Å². The normalized spacial score (nSPS) is 28.1. The topological polar surface area (TPSA) is 71.2 Å². The van der Waals surface area contributed by atoms with E-state index >= 15 is 0 Å². The van der Waals surface area contributed by atoms with Crippen LogP contribution < -0.4 is 11.1 Å². The minimum Gasteiger partial charge on any atom is -0.396 e. The molecule has 1 heterocycles. The Labute approximate surface area is 116 Å². The first kappa shape index (κ1) is 13.6. The Balaban J connectivity index is 2.20. The van der Waals surface area contributed by atoms with E-state index < -0.39 is 0 Å². The zero-order chi connectivity index (χ0) is 13.2. The first-order valence-electron chi connectivity index (χ1n) is 6.34. The molecule has 4 N–H and O–H groups in total. The Morgan fingerprint density at radius 2 is 2.17 bits per heavy atom. The second kappa shape index (κ2) is 5.45. The maximum Gasteiger partial charge on any atom is 0.0755 e. The molecule has 0 spiro atoms. The molecule has 0 amide bonds. The minimum absolute atomic E-state index is 0.133. The molecule has 1 saturated carbocycles. The first-order chi connectivity index (χ1) is 8.56. The number of nitrogen functional groups attached to an aromatic ring is 1. The summed E-state index contributed by atoms with van der Waals surface area (Å²) in [6.07, 6.45) is 7.56. The van der Waals surface area contributed by atoms with Crippen molar-refractivity contribution in [2.24, 2.45) is 5.92 Å². The van der Waals surface area contributed by atoms with Gasteiger partial charge in [-0.25, -0.2) is 0 Å². The van der Waals surface area contributed by atoms with Gasteiger partial charge in [-0.15, -0.1) is 0 Å². The molecule has 0 radical (unpaired) electrons. The number of nitrogens with one attached hydrogen (secondary N) is 1. The zero-order valence-corrected chi connectivity index (χ0v) is 12.2. The number of halogens is 1. The summed E-state index contributed by atoms with van der Waals surface area (Å²) in [5.74, 6) is 0.740. The summed E-state index contributed by atoms with van der Waals surface area (Å²) in [7, 11) is 0. The summed E-state index contributed by atoms with van der Waals surface area (Å²) in [5.41, 5.74) is 7.15. The summed E-state index contributed by atoms with van der Waals surface area (Å²) in [5, 5.41) is 13.2. The molecule has 4 nitrogen and oxygen atoms in total. The highest BCUT2D eigenvalue weighted by Gasteiger charge is 2.34. The van der Waals surface area contributed by atoms with Crippen LogP contribution in [0.5, 0.6) is 0 Å². The number of nitrogens with zero attached hydrogens (tertiary/aromatic N) is 1. The Bertz CT molecular complexity index is 396. The van der Waals surface area contributed by atoms with E-state index in [0.29, 0.717) is 5.69 Å². The molecule has 0 aliphatic heterocycles. The molecule has 1 aliphatic carbocycles. The molecule has 2 rings (SSSR count). The average Bonchev–Trinajstić information content (AvgIpc) is 2.37. The predicted octanol–water partition coefficient (Wildman–Crippen LogP) is 2.78. The van der Waals surface area contributed by atoms with Gasteiger partial charge in [-0.3, -0.25) is 4.98 Å². The van der Waals surface area contributed by atoms with Crippen molar-refractivity contribution in [2.75, 3.05) is 17.7 Å². The molecule has 0 bridgehead atoms. The van der Waals surface area contributed by atoms with Gasteiger partial charge in [0.05, 0.1) is 34.2 Å². The largest absolute Gasteiger partial charge is 0.396 e. The lowest BCUT2D eigenvalue weighted by Crippen LogP contribution is -2.45. The van der Waals surface area contributed by atoms with E-state index in [4.69, 9.17) is 5.73 Å². The van der Waals surface area contributed by atoms with Crippen molar-refractivity contribution >= 4 is 27.3 Å². The Hall–Kier alpha value is -0.810. The highest BCUT2D eigenvalue weighted by molar-refractivity contribution is 9.10. The lowest BCUT2D eigenvalue weighted by Gasteiger charge is -2.40. The Morgan fingerprint density at radius 1 is 1.50 bits per heavy atom. The third-order valence-electron chi connectivity index (χ3n) is 3.85. The van der Waals surface area contributed by atoms with Crippen molar-refractivity contribution < 1.29 is 5.11 Å². The van der Waals surface area contributed by atoms with Crippen molar-refractivity contribution in [3.8, 4) is 0 Å². The molecule has 18 heavy (non-hydrogen) atoms. The number of aromatic nitrogens is 1. The van der Waals surface area contributed by atoms with Gasteiger partial charge in [0.25, 0.3) is 0 Å². The number of nitrogens with two attached hydrogens (primary N) is 1. The third kappa shape index (κ3) is 2.78. The van der Waals surface area contributed by atoms with Gasteiger partial charge in [0.2, 0.25) is 0 Å². The fourth-order valence-corrected chi connectivity index (χ4v) is 2.93. The fraction of sp³-hybridized carbons (Fsp3) is 0.615. The number of hydrogen-bond donors (Lipinski definition) is 3. The van der Waals surface area contributed by atoms with Crippen molar-refractivity contribution in [3.63, 3.8) is 0 Å². The molecule has 0 aromatic carbocycles. The number of rotatable bonds is 3. The van der Waals surface area contributed by atoms with Gasteiger partial charge in [-0.05, 0) is 47.5 Å². The second-order valence-electron chi connectivity index (χ2n) is 5.33. The van der Waals surface area contributed by atoms with Gasteiger partial charge in [-0.1, -0.05) is 6.92 Å². The Kier molecular flexibility index (Phi) is 4.12. The van der Waals surface area contributed by atoms with Crippen LogP contribution in [-0.4, -0.2) is 22.2 Å². The summed E-state index contributed by atoms with van der Waals surface area (Å²) in [6.45, 7) is 2.39. The minimum atomic E-state index is -0.246. The summed E-state index contributed by atoms with van der Waals surface area (Å²) >= 11 is 3.45. The highest BCUT2D eigenvalue weighted by Crippen LogP contribution is 2.37. The maximum absolute atomic E-state index is 9.74. The van der Waals surface area contributed by atoms with Crippen molar-refractivity contribution in [3.05, 3.63) is 16.9 Å². The molecule has 1 aliphatic rings. The number of pyridine rings is 1. The van der Waals surface area contributed by atoms with Crippen molar-refractivity contribution in [1.82, 2.24) is 4.98 Å². The maximum atomic E-state index is 9.74. The molecule has 100 valence electrons. The molecule has 0 saturated heterocycles. The van der Waals surface area contributed by atoms with Crippen LogP contribution in [0.3, 0.4) is 0 Å². The first-order valence-corrected chi connectivity index (χ1v) is 7.14. The van der Waals surface area contributed by atoms with Crippen LogP contribution in [0.1, 0.15) is 32.6 Å². The van der Waals surface area contributed by atoms with Gasteiger partial charge in [-0.2, -0.15) is 0 Å². The van der Waals surface area contributed by atoms with Crippen LogP contribution in [0.2, 0.25) is 0 Å². The summed E-state index contributed by atoms with van der Waals surface area (Å²) < 4.78 is 0.842. The summed E-state index contributed by atoms with van der Waals surface area (Å²) in [4.78, 5) is 4.02. The molecule has 0 unspecified atom stereocenters. The van der Waals surface area contributed by atoms with E-state index in [1.165, 1.54) is 0 Å².